The van der Waals surface area contributed by atoms with Gasteiger partial charge in [0.25, 0.3) is 0 Å². The van der Waals surface area contributed by atoms with Crippen LogP contribution in [0.2, 0.25) is 0 Å². The predicted molar refractivity (Wildman–Crippen MR) is 71.4 cm³/mol. The number of fused-ring (bicyclic) bond motifs is 3. The van der Waals surface area contributed by atoms with Crippen molar-refractivity contribution in [1.82, 2.24) is 19.1 Å². The summed E-state index contributed by atoms with van der Waals surface area (Å²) in [5.41, 5.74) is 0. The summed E-state index contributed by atoms with van der Waals surface area (Å²) in [7, 11) is 0. The van der Waals surface area contributed by atoms with Crippen molar-refractivity contribution in [3.63, 3.8) is 0 Å². The van der Waals surface area contributed by atoms with E-state index in [1.54, 1.807) is 12.4 Å². The fraction of sp³-hybridized carbons (Fsp3) is 0.636. The zero-order valence-corrected chi connectivity index (χ0v) is 12.1. The Balaban J connectivity index is 1.74. The first-order chi connectivity index (χ1) is 8.65. The highest BCUT2D eigenvalue weighted by atomic mass is 79.9. The first-order valence-corrected chi connectivity index (χ1v) is 7.20. The van der Waals surface area contributed by atoms with Crippen LogP contribution in [0.5, 0.6) is 0 Å². The van der Waals surface area contributed by atoms with Crippen LogP contribution in [0.25, 0.3) is 0 Å². The molecule has 0 N–H and O–H groups in total. The molecule has 0 aromatic carbocycles. The van der Waals surface area contributed by atoms with E-state index in [0.717, 1.165) is 36.9 Å². The van der Waals surface area contributed by atoms with E-state index in [1.165, 1.54) is 9.10 Å². The fourth-order valence-electron chi connectivity index (χ4n) is 2.84. The molecule has 1 atom stereocenters. The van der Waals surface area contributed by atoms with Gasteiger partial charge in [0.1, 0.15) is 0 Å². The molecular weight excluding hydrogens is 320 g/mol. The maximum absolute atomic E-state index is 12.2. The molecule has 2 bridgehead atoms. The highest BCUT2D eigenvalue weighted by Crippen LogP contribution is 2.32. The Kier molecular flexibility index (Phi) is 3.34. The number of aromatic nitrogens is 2. The van der Waals surface area contributed by atoms with Crippen molar-refractivity contribution in [3.05, 3.63) is 16.9 Å². The van der Waals surface area contributed by atoms with Crippen LogP contribution in [-0.4, -0.2) is 50.8 Å². The molecule has 4 rings (SSSR count). The number of rotatable bonds is 1. The summed E-state index contributed by atoms with van der Waals surface area (Å²) >= 11 is 9.50. The molecule has 3 aliphatic rings. The van der Waals surface area contributed by atoms with Crippen molar-refractivity contribution < 1.29 is 4.79 Å². The zero-order valence-electron chi connectivity index (χ0n) is 9.80. The fourth-order valence-corrected chi connectivity index (χ4v) is 3.42. The van der Waals surface area contributed by atoms with Crippen LogP contribution >= 0.6 is 27.7 Å². The number of hydrogen-bond acceptors (Lipinski definition) is 3. The minimum Gasteiger partial charge on any atom is -0.301 e. The number of carbonyl (C=O) groups is 1. The van der Waals surface area contributed by atoms with E-state index in [9.17, 15) is 4.79 Å². The Morgan fingerprint density at radius 3 is 2.72 bits per heavy atom. The minimum atomic E-state index is -0.277. The molecule has 0 unspecified atom stereocenters. The van der Waals surface area contributed by atoms with E-state index < -0.39 is 0 Å². The second-order valence-electron chi connectivity index (χ2n) is 4.90. The van der Waals surface area contributed by atoms with Crippen molar-refractivity contribution in [2.24, 2.45) is 5.92 Å². The van der Waals surface area contributed by atoms with Crippen molar-refractivity contribution in [2.75, 3.05) is 19.6 Å². The number of amides is 1. The van der Waals surface area contributed by atoms with Crippen LogP contribution in [0.4, 0.5) is 4.79 Å². The van der Waals surface area contributed by atoms with Crippen LogP contribution in [0, 0.1) is 5.92 Å². The molecule has 3 saturated heterocycles. The average molecular weight is 334 g/mol. The summed E-state index contributed by atoms with van der Waals surface area (Å²) in [6.45, 7) is 3.14. The van der Waals surface area contributed by atoms with Gasteiger partial charge in [0.05, 0.1) is 16.7 Å². The van der Waals surface area contributed by atoms with E-state index in [4.69, 9.17) is 11.8 Å². The molecule has 0 aliphatic carbocycles. The standard InChI is InChI=1S/C11H14BrClN4O/c12-9-5-14-16(6-9)11(18)17(13)10-7-15-3-1-8(10)2-4-15/h5-6,8,10H,1-4,7H2/t10-/m0/s1. The third-order valence-corrected chi connectivity index (χ3v) is 4.65. The van der Waals surface area contributed by atoms with Gasteiger partial charge in [-0.2, -0.15) is 9.78 Å². The SMILES string of the molecule is O=C(N(Cl)[C@H]1CN2CCC1CC2)n1cc(Br)cn1. The summed E-state index contributed by atoms with van der Waals surface area (Å²) in [5, 5.41) is 3.97. The van der Waals surface area contributed by atoms with Gasteiger partial charge in [0.15, 0.2) is 0 Å². The van der Waals surface area contributed by atoms with E-state index in [2.05, 4.69) is 25.9 Å². The van der Waals surface area contributed by atoms with Gasteiger partial charge in [0.2, 0.25) is 0 Å². The largest absolute Gasteiger partial charge is 0.359 e. The predicted octanol–water partition coefficient (Wildman–Crippen LogP) is 2.16. The van der Waals surface area contributed by atoms with Gasteiger partial charge < -0.3 is 4.90 Å². The Morgan fingerprint density at radius 2 is 2.22 bits per heavy atom. The minimum absolute atomic E-state index is 0.102. The Morgan fingerprint density at radius 1 is 1.50 bits per heavy atom. The van der Waals surface area contributed by atoms with Crippen molar-refractivity contribution in [2.45, 2.75) is 18.9 Å². The van der Waals surface area contributed by atoms with Crippen molar-refractivity contribution in [1.29, 1.82) is 0 Å². The molecule has 0 spiro atoms. The quantitative estimate of drug-likeness (QED) is 0.740. The monoisotopic (exact) mass is 332 g/mol. The Bertz CT molecular complexity index is 458. The molecule has 3 aliphatic heterocycles. The average Bonchev–Trinajstić information content (AvgIpc) is 2.85. The lowest BCUT2D eigenvalue weighted by Crippen LogP contribution is -2.56. The summed E-state index contributed by atoms with van der Waals surface area (Å²) in [4.78, 5) is 14.6. The third-order valence-electron chi connectivity index (χ3n) is 3.84. The summed E-state index contributed by atoms with van der Waals surface area (Å²) in [6.07, 6.45) is 5.46. The van der Waals surface area contributed by atoms with Crippen LogP contribution in [0.1, 0.15) is 12.8 Å². The first kappa shape index (κ1) is 12.4. The molecule has 18 heavy (non-hydrogen) atoms. The molecule has 98 valence electrons. The van der Waals surface area contributed by atoms with E-state index in [0.29, 0.717) is 5.92 Å². The third kappa shape index (κ3) is 2.17. The molecule has 1 aromatic rings. The lowest BCUT2D eigenvalue weighted by atomic mass is 9.84. The highest BCUT2D eigenvalue weighted by molar-refractivity contribution is 9.10. The molecule has 0 saturated carbocycles. The molecule has 3 fully saturated rings. The highest BCUT2D eigenvalue weighted by Gasteiger charge is 2.39. The normalized spacial score (nSPS) is 30.4. The van der Waals surface area contributed by atoms with Crippen LogP contribution < -0.4 is 0 Å². The lowest BCUT2D eigenvalue weighted by Gasteiger charge is -2.46. The van der Waals surface area contributed by atoms with Crippen molar-refractivity contribution >= 4 is 33.7 Å². The number of hydrogen-bond donors (Lipinski definition) is 0. The summed E-state index contributed by atoms with van der Waals surface area (Å²) < 4.78 is 3.37. The van der Waals surface area contributed by atoms with E-state index in [1.807, 2.05) is 0 Å². The molecule has 1 amide bonds. The number of carbonyl (C=O) groups excluding carboxylic acids is 1. The smallest absolute Gasteiger partial charge is 0.301 e. The second kappa shape index (κ2) is 4.83. The van der Waals surface area contributed by atoms with Crippen molar-refractivity contribution in [3.8, 4) is 0 Å². The zero-order chi connectivity index (χ0) is 12.7. The number of piperidine rings is 3. The molecule has 0 radical (unpaired) electrons. The van der Waals surface area contributed by atoms with Gasteiger partial charge >= 0.3 is 6.03 Å². The molecule has 1 aromatic heterocycles. The number of halogens is 2. The van der Waals surface area contributed by atoms with Gasteiger partial charge in [-0.1, -0.05) is 0 Å². The van der Waals surface area contributed by atoms with Crippen LogP contribution in [0.15, 0.2) is 16.9 Å². The van der Waals surface area contributed by atoms with Crippen LogP contribution in [0.3, 0.4) is 0 Å². The molecule has 5 nitrogen and oxygen atoms in total. The topological polar surface area (TPSA) is 41.4 Å². The van der Waals surface area contributed by atoms with Gasteiger partial charge in [-0.25, -0.2) is 9.21 Å². The Hall–Kier alpha value is -0.590. The van der Waals surface area contributed by atoms with Gasteiger partial charge in [0, 0.05) is 24.5 Å². The van der Waals surface area contributed by atoms with E-state index in [-0.39, 0.29) is 12.1 Å². The first-order valence-electron chi connectivity index (χ1n) is 6.07. The van der Waals surface area contributed by atoms with E-state index >= 15 is 0 Å². The molecule has 4 heterocycles. The Labute approximate surface area is 119 Å². The maximum atomic E-state index is 12.2. The molecular formula is C11H14BrClN4O. The van der Waals surface area contributed by atoms with Gasteiger partial charge in [-0.15, -0.1) is 0 Å². The van der Waals surface area contributed by atoms with Crippen LogP contribution in [-0.2, 0) is 0 Å². The summed E-state index contributed by atoms with van der Waals surface area (Å²) in [5.74, 6) is 0.524. The second-order valence-corrected chi connectivity index (χ2v) is 6.18. The van der Waals surface area contributed by atoms with Gasteiger partial charge in [-0.3, -0.25) is 0 Å². The maximum Gasteiger partial charge on any atom is 0.359 e. The number of nitrogens with zero attached hydrogens (tertiary/aromatic N) is 4. The summed E-state index contributed by atoms with van der Waals surface area (Å²) in [6, 6.07) is -0.175. The lowest BCUT2D eigenvalue weighted by molar-refractivity contribution is 0.0491. The molecule has 7 heteroatoms. The van der Waals surface area contributed by atoms with Gasteiger partial charge in [-0.05, 0) is 47.8 Å².